The number of ether oxygens (including phenoxy) is 1. The third kappa shape index (κ3) is 3.54. The van der Waals surface area contributed by atoms with E-state index in [9.17, 15) is 4.79 Å². The average Bonchev–Trinajstić information content (AvgIpc) is 2.93. The van der Waals surface area contributed by atoms with Gasteiger partial charge >= 0.3 is 0 Å². The molecular weight excluding hydrogens is 278 g/mol. The number of amides is 1. The van der Waals surface area contributed by atoms with Crippen LogP contribution in [0.5, 0.6) is 5.75 Å². The Balaban J connectivity index is 2.01. The molecule has 5 heteroatoms. The second-order valence-corrected chi connectivity index (χ2v) is 4.85. The Morgan fingerprint density at radius 2 is 2.25 bits per heavy atom. The van der Waals surface area contributed by atoms with E-state index in [4.69, 9.17) is 20.8 Å². The maximum absolute atomic E-state index is 11.9. The number of furan rings is 1. The molecule has 0 saturated carbocycles. The lowest BCUT2D eigenvalue weighted by Crippen LogP contribution is -2.24. The van der Waals surface area contributed by atoms with Crippen molar-refractivity contribution in [1.29, 1.82) is 0 Å². The molecule has 0 saturated heterocycles. The first-order valence-corrected chi connectivity index (χ1v) is 6.60. The predicted molar refractivity (Wildman–Crippen MR) is 77.0 cm³/mol. The number of nitrogens with one attached hydrogen (secondary N) is 1. The second-order valence-electron chi connectivity index (χ2n) is 4.45. The molecule has 0 spiro atoms. The van der Waals surface area contributed by atoms with Crippen LogP contribution in [0.1, 0.15) is 16.9 Å². The molecular formula is C15H16ClNO3. The summed E-state index contributed by atoms with van der Waals surface area (Å²) in [6.07, 6.45) is 1.79. The number of carbonyl (C=O) groups is 1. The lowest BCUT2D eigenvalue weighted by Gasteiger charge is -2.11. The van der Waals surface area contributed by atoms with Gasteiger partial charge in [0.15, 0.2) is 0 Å². The maximum atomic E-state index is 11.9. The molecule has 0 aliphatic rings. The highest BCUT2D eigenvalue weighted by Gasteiger charge is 2.11. The average molecular weight is 294 g/mol. The van der Waals surface area contributed by atoms with E-state index < -0.39 is 0 Å². The highest BCUT2D eigenvalue weighted by atomic mass is 35.5. The molecule has 20 heavy (non-hydrogen) atoms. The van der Waals surface area contributed by atoms with Gasteiger partial charge < -0.3 is 14.5 Å². The van der Waals surface area contributed by atoms with Crippen molar-refractivity contribution in [3.63, 3.8) is 0 Å². The Hall–Kier alpha value is -1.94. The first-order chi connectivity index (χ1) is 9.60. The number of benzene rings is 1. The van der Waals surface area contributed by atoms with Gasteiger partial charge in [-0.15, -0.1) is 0 Å². The molecule has 2 aromatic rings. The third-order valence-electron chi connectivity index (χ3n) is 2.95. The van der Waals surface area contributed by atoms with Crippen LogP contribution < -0.4 is 10.1 Å². The van der Waals surface area contributed by atoms with Gasteiger partial charge in [0, 0.05) is 10.6 Å². The minimum atomic E-state index is -0.111. The van der Waals surface area contributed by atoms with Crippen LogP contribution in [0.15, 0.2) is 34.9 Å². The zero-order chi connectivity index (χ0) is 14.5. The van der Waals surface area contributed by atoms with Crippen molar-refractivity contribution in [1.82, 2.24) is 5.32 Å². The van der Waals surface area contributed by atoms with E-state index in [2.05, 4.69) is 5.32 Å². The van der Waals surface area contributed by atoms with E-state index in [1.54, 1.807) is 25.5 Å². The molecule has 0 bridgehead atoms. The van der Waals surface area contributed by atoms with Crippen LogP contribution >= 0.6 is 11.6 Å². The molecule has 1 amide bonds. The van der Waals surface area contributed by atoms with E-state index in [0.717, 1.165) is 11.1 Å². The summed E-state index contributed by atoms with van der Waals surface area (Å²) in [6.45, 7) is 2.26. The highest BCUT2D eigenvalue weighted by Crippen LogP contribution is 2.26. The van der Waals surface area contributed by atoms with Crippen molar-refractivity contribution in [2.24, 2.45) is 0 Å². The van der Waals surface area contributed by atoms with Crippen LogP contribution in [0.2, 0.25) is 5.02 Å². The molecule has 4 nitrogen and oxygen atoms in total. The number of halogens is 1. The molecule has 0 aliphatic carbocycles. The van der Waals surface area contributed by atoms with E-state index in [-0.39, 0.29) is 12.3 Å². The fourth-order valence-corrected chi connectivity index (χ4v) is 2.04. The van der Waals surface area contributed by atoms with Crippen molar-refractivity contribution in [2.45, 2.75) is 19.9 Å². The fraction of sp³-hybridized carbons (Fsp3) is 0.267. The van der Waals surface area contributed by atoms with Crippen molar-refractivity contribution in [3.05, 3.63) is 52.4 Å². The maximum Gasteiger partial charge on any atom is 0.224 e. The van der Waals surface area contributed by atoms with Crippen molar-refractivity contribution in [3.8, 4) is 5.75 Å². The Morgan fingerprint density at radius 1 is 1.45 bits per heavy atom. The third-order valence-corrected chi connectivity index (χ3v) is 3.36. The molecule has 1 N–H and O–H groups in total. The van der Waals surface area contributed by atoms with Crippen LogP contribution in [0.3, 0.4) is 0 Å². The summed E-state index contributed by atoms with van der Waals surface area (Å²) in [5.74, 6) is 1.27. The smallest absolute Gasteiger partial charge is 0.224 e. The van der Waals surface area contributed by atoms with Crippen LogP contribution in [0.4, 0.5) is 0 Å². The summed E-state index contributed by atoms with van der Waals surface area (Å²) in [7, 11) is 1.58. The van der Waals surface area contributed by atoms with Gasteiger partial charge in [-0.2, -0.15) is 0 Å². The number of rotatable bonds is 5. The Bertz CT molecular complexity index is 593. The highest BCUT2D eigenvalue weighted by molar-refractivity contribution is 6.31. The molecule has 1 aromatic carbocycles. The van der Waals surface area contributed by atoms with Crippen LogP contribution in [0.25, 0.3) is 0 Å². The van der Waals surface area contributed by atoms with Crippen molar-refractivity contribution in [2.75, 3.05) is 7.11 Å². The van der Waals surface area contributed by atoms with Gasteiger partial charge in [-0.1, -0.05) is 11.6 Å². The second kappa shape index (κ2) is 6.48. The Kier molecular flexibility index (Phi) is 4.69. The van der Waals surface area contributed by atoms with Crippen molar-refractivity contribution < 1.29 is 13.9 Å². The molecule has 0 unspecified atom stereocenters. The first-order valence-electron chi connectivity index (χ1n) is 6.22. The minimum Gasteiger partial charge on any atom is -0.496 e. The SMILES string of the molecule is COc1cc(C)c(Cl)cc1CC(=O)NCc1ccco1. The molecule has 0 radical (unpaired) electrons. The Labute approximate surface area is 122 Å². The summed E-state index contributed by atoms with van der Waals surface area (Å²) < 4.78 is 10.4. The Morgan fingerprint density at radius 3 is 2.90 bits per heavy atom. The van der Waals surface area contributed by atoms with Gasteiger partial charge in [0.2, 0.25) is 5.91 Å². The fourth-order valence-electron chi connectivity index (χ4n) is 1.86. The first kappa shape index (κ1) is 14.5. The molecule has 2 rings (SSSR count). The molecule has 1 aromatic heterocycles. The number of aryl methyl sites for hydroxylation is 1. The normalized spacial score (nSPS) is 10.3. The topological polar surface area (TPSA) is 51.5 Å². The van der Waals surface area contributed by atoms with Gasteiger partial charge in [-0.25, -0.2) is 0 Å². The lowest BCUT2D eigenvalue weighted by atomic mass is 10.1. The van der Waals surface area contributed by atoms with Crippen molar-refractivity contribution >= 4 is 17.5 Å². The van der Waals surface area contributed by atoms with E-state index in [1.165, 1.54) is 0 Å². The number of hydrogen-bond acceptors (Lipinski definition) is 3. The zero-order valence-corrected chi connectivity index (χ0v) is 12.2. The van der Waals surface area contributed by atoms with Gasteiger partial charge in [-0.3, -0.25) is 4.79 Å². The van der Waals surface area contributed by atoms with Crippen LogP contribution in [0, 0.1) is 6.92 Å². The number of hydrogen-bond donors (Lipinski definition) is 1. The zero-order valence-electron chi connectivity index (χ0n) is 11.4. The molecule has 0 atom stereocenters. The largest absolute Gasteiger partial charge is 0.496 e. The summed E-state index contributed by atoms with van der Waals surface area (Å²) in [6, 6.07) is 7.19. The summed E-state index contributed by atoms with van der Waals surface area (Å²) in [5.41, 5.74) is 1.68. The molecule has 0 aliphatic heterocycles. The summed E-state index contributed by atoms with van der Waals surface area (Å²) in [4.78, 5) is 11.9. The van der Waals surface area contributed by atoms with Gasteiger partial charge in [0.25, 0.3) is 0 Å². The predicted octanol–water partition coefficient (Wildman–Crippen LogP) is 3.11. The van der Waals surface area contributed by atoms with E-state index >= 15 is 0 Å². The van der Waals surface area contributed by atoms with E-state index in [1.807, 2.05) is 19.1 Å². The monoisotopic (exact) mass is 293 g/mol. The number of carbonyl (C=O) groups excluding carboxylic acids is 1. The van der Waals surface area contributed by atoms with E-state index in [0.29, 0.717) is 23.1 Å². The molecule has 0 fully saturated rings. The minimum absolute atomic E-state index is 0.111. The van der Waals surface area contributed by atoms with Crippen LogP contribution in [-0.4, -0.2) is 13.0 Å². The summed E-state index contributed by atoms with van der Waals surface area (Å²) in [5, 5.41) is 3.41. The number of methoxy groups -OCH3 is 1. The molecule has 106 valence electrons. The standard InChI is InChI=1S/C15H16ClNO3/c1-10-6-14(19-2)11(7-13(10)16)8-15(18)17-9-12-4-3-5-20-12/h3-7H,8-9H2,1-2H3,(H,17,18). The van der Waals surface area contributed by atoms with Crippen LogP contribution in [-0.2, 0) is 17.8 Å². The van der Waals surface area contributed by atoms with Gasteiger partial charge in [0.05, 0.1) is 26.3 Å². The van der Waals surface area contributed by atoms with Gasteiger partial charge in [-0.05, 0) is 36.8 Å². The molecule has 1 heterocycles. The quantitative estimate of drug-likeness (QED) is 0.921. The van der Waals surface area contributed by atoms with Gasteiger partial charge in [0.1, 0.15) is 11.5 Å². The summed E-state index contributed by atoms with van der Waals surface area (Å²) >= 11 is 6.08. The lowest BCUT2D eigenvalue weighted by molar-refractivity contribution is -0.120.